The monoisotopic (exact) mass is 319 g/mol. The standard InChI is InChI=1S/C15H18FN5O2/c1-20(2)8-13(17)10-3-9(4-11(16)5-10)12-6-19-7-14(15(12)18)21(22)23/h3-7,13H,8,17H2,1-2H3,(H2,18,19). The Balaban J connectivity index is 2.51. The van der Waals surface area contributed by atoms with Crippen LogP contribution < -0.4 is 11.5 Å². The maximum absolute atomic E-state index is 13.9. The summed E-state index contributed by atoms with van der Waals surface area (Å²) in [6.45, 7) is 0.533. The minimum Gasteiger partial charge on any atom is -0.393 e. The second-order valence-corrected chi connectivity index (χ2v) is 5.52. The van der Waals surface area contributed by atoms with Crippen molar-refractivity contribution in [1.29, 1.82) is 0 Å². The first-order valence-corrected chi connectivity index (χ1v) is 6.88. The number of rotatable bonds is 5. The molecule has 2 rings (SSSR count). The SMILES string of the molecule is CN(C)CC(N)c1cc(F)cc(-c2cncc([N+](=O)[O-])c2N)c1. The molecular weight excluding hydrogens is 301 g/mol. The van der Waals surface area contributed by atoms with E-state index in [2.05, 4.69) is 4.98 Å². The highest BCUT2D eigenvalue weighted by Crippen LogP contribution is 2.33. The lowest BCUT2D eigenvalue weighted by Gasteiger charge is -2.18. The number of hydrogen-bond donors (Lipinski definition) is 2. The number of anilines is 1. The summed E-state index contributed by atoms with van der Waals surface area (Å²) in [7, 11) is 3.73. The van der Waals surface area contributed by atoms with Crippen LogP contribution in [0.3, 0.4) is 0 Å². The molecule has 0 spiro atoms. The van der Waals surface area contributed by atoms with Crippen molar-refractivity contribution in [2.24, 2.45) is 5.73 Å². The van der Waals surface area contributed by atoms with Crippen LogP contribution in [-0.2, 0) is 0 Å². The van der Waals surface area contributed by atoms with E-state index in [1.165, 1.54) is 18.3 Å². The Morgan fingerprint density at radius 3 is 2.65 bits per heavy atom. The highest BCUT2D eigenvalue weighted by Gasteiger charge is 2.18. The molecule has 8 heteroatoms. The molecule has 1 unspecified atom stereocenters. The Kier molecular flexibility index (Phi) is 4.87. The van der Waals surface area contributed by atoms with Crippen LogP contribution in [0.25, 0.3) is 11.1 Å². The summed E-state index contributed by atoms with van der Waals surface area (Å²) in [5.41, 5.74) is 12.8. The fraction of sp³-hybridized carbons (Fsp3) is 0.267. The van der Waals surface area contributed by atoms with E-state index in [4.69, 9.17) is 11.5 Å². The maximum atomic E-state index is 13.9. The van der Waals surface area contributed by atoms with E-state index in [1.807, 2.05) is 19.0 Å². The predicted molar refractivity (Wildman–Crippen MR) is 86.2 cm³/mol. The fourth-order valence-corrected chi connectivity index (χ4v) is 2.32. The van der Waals surface area contributed by atoms with Crippen LogP contribution in [0.5, 0.6) is 0 Å². The van der Waals surface area contributed by atoms with Gasteiger partial charge in [-0.2, -0.15) is 0 Å². The average Bonchev–Trinajstić information content (AvgIpc) is 2.45. The molecule has 1 aromatic heterocycles. The third-order valence-electron chi connectivity index (χ3n) is 3.38. The lowest BCUT2D eigenvalue weighted by Crippen LogP contribution is -2.26. The van der Waals surface area contributed by atoms with Gasteiger partial charge in [0.2, 0.25) is 0 Å². The van der Waals surface area contributed by atoms with Gasteiger partial charge < -0.3 is 16.4 Å². The smallest absolute Gasteiger partial charge is 0.310 e. The quantitative estimate of drug-likeness (QED) is 0.643. The van der Waals surface area contributed by atoms with Crippen LogP contribution in [0, 0.1) is 15.9 Å². The van der Waals surface area contributed by atoms with Crippen molar-refractivity contribution in [3.05, 3.63) is 52.1 Å². The Hall–Kier alpha value is -2.58. The minimum atomic E-state index is -0.621. The van der Waals surface area contributed by atoms with Gasteiger partial charge in [0.15, 0.2) is 0 Å². The van der Waals surface area contributed by atoms with Gasteiger partial charge in [0.1, 0.15) is 17.7 Å². The van der Waals surface area contributed by atoms with Crippen LogP contribution in [-0.4, -0.2) is 35.4 Å². The number of halogens is 1. The second kappa shape index (κ2) is 6.67. The number of pyridine rings is 1. The molecule has 0 saturated carbocycles. The van der Waals surface area contributed by atoms with Gasteiger partial charge in [-0.25, -0.2) is 4.39 Å². The molecule has 1 heterocycles. The van der Waals surface area contributed by atoms with E-state index >= 15 is 0 Å². The van der Waals surface area contributed by atoms with Crippen molar-refractivity contribution >= 4 is 11.4 Å². The van der Waals surface area contributed by atoms with E-state index < -0.39 is 16.8 Å². The summed E-state index contributed by atoms with van der Waals surface area (Å²) in [6.07, 6.45) is 2.44. The molecule has 0 aliphatic rings. The van der Waals surface area contributed by atoms with Gasteiger partial charge in [0.05, 0.1) is 4.92 Å². The third kappa shape index (κ3) is 3.79. The molecule has 0 radical (unpaired) electrons. The van der Waals surface area contributed by atoms with Gasteiger partial charge in [-0.15, -0.1) is 0 Å². The lowest BCUT2D eigenvalue weighted by molar-refractivity contribution is -0.384. The highest BCUT2D eigenvalue weighted by atomic mass is 19.1. The number of likely N-dealkylation sites (N-methyl/N-ethyl adjacent to an activating group) is 1. The van der Waals surface area contributed by atoms with Gasteiger partial charge in [0, 0.05) is 24.3 Å². The highest BCUT2D eigenvalue weighted by molar-refractivity contribution is 5.81. The number of nitrogens with two attached hydrogens (primary N) is 2. The Morgan fingerprint density at radius 1 is 1.35 bits per heavy atom. The van der Waals surface area contributed by atoms with Crippen molar-refractivity contribution in [3.8, 4) is 11.1 Å². The maximum Gasteiger partial charge on any atom is 0.310 e. The van der Waals surface area contributed by atoms with Crippen molar-refractivity contribution in [2.75, 3.05) is 26.4 Å². The van der Waals surface area contributed by atoms with E-state index in [-0.39, 0.29) is 11.4 Å². The molecule has 0 amide bonds. The number of nitro groups is 1. The molecule has 7 nitrogen and oxygen atoms in total. The van der Waals surface area contributed by atoms with E-state index in [0.717, 1.165) is 6.20 Å². The zero-order valence-corrected chi connectivity index (χ0v) is 12.9. The third-order valence-corrected chi connectivity index (χ3v) is 3.38. The largest absolute Gasteiger partial charge is 0.393 e. The summed E-state index contributed by atoms with van der Waals surface area (Å²) in [6, 6.07) is 3.88. The first kappa shape index (κ1) is 16.8. The normalized spacial score (nSPS) is 12.4. The number of nitrogen functional groups attached to an aromatic ring is 1. The van der Waals surface area contributed by atoms with Crippen LogP contribution in [0.1, 0.15) is 11.6 Å². The molecule has 1 atom stereocenters. The Bertz CT molecular complexity index is 736. The van der Waals surface area contributed by atoms with E-state index in [1.54, 1.807) is 6.07 Å². The Labute approximate surface area is 132 Å². The van der Waals surface area contributed by atoms with Crippen LogP contribution in [0.4, 0.5) is 15.8 Å². The Morgan fingerprint density at radius 2 is 2.04 bits per heavy atom. The second-order valence-electron chi connectivity index (χ2n) is 5.52. The molecule has 1 aromatic carbocycles. The van der Waals surface area contributed by atoms with E-state index in [9.17, 15) is 14.5 Å². The van der Waals surface area contributed by atoms with Gasteiger partial charge in [-0.05, 0) is 43.4 Å². The van der Waals surface area contributed by atoms with Gasteiger partial charge in [-0.1, -0.05) is 0 Å². The number of nitrogens with zero attached hydrogens (tertiary/aromatic N) is 3. The first-order chi connectivity index (χ1) is 10.8. The number of benzene rings is 1. The first-order valence-electron chi connectivity index (χ1n) is 6.88. The molecule has 122 valence electrons. The zero-order valence-electron chi connectivity index (χ0n) is 12.9. The fourth-order valence-electron chi connectivity index (χ4n) is 2.32. The summed E-state index contributed by atoms with van der Waals surface area (Å²) in [4.78, 5) is 16.0. The number of hydrogen-bond acceptors (Lipinski definition) is 6. The van der Waals surface area contributed by atoms with Crippen LogP contribution >= 0.6 is 0 Å². The van der Waals surface area contributed by atoms with Crippen molar-refractivity contribution in [2.45, 2.75) is 6.04 Å². The van der Waals surface area contributed by atoms with Gasteiger partial charge >= 0.3 is 5.69 Å². The summed E-state index contributed by atoms with van der Waals surface area (Å²) in [5.74, 6) is -0.488. The molecule has 2 aromatic rings. The summed E-state index contributed by atoms with van der Waals surface area (Å²) < 4.78 is 13.9. The number of aromatic nitrogens is 1. The topological polar surface area (TPSA) is 111 Å². The molecule has 4 N–H and O–H groups in total. The van der Waals surface area contributed by atoms with Gasteiger partial charge in [-0.3, -0.25) is 15.1 Å². The van der Waals surface area contributed by atoms with E-state index in [0.29, 0.717) is 23.2 Å². The van der Waals surface area contributed by atoms with Crippen LogP contribution in [0.2, 0.25) is 0 Å². The minimum absolute atomic E-state index is 0.0530. The molecule has 23 heavy (non-hydrogen) atoms. The predicted octanol–water partition coefficient (Wildman–Crippen LogP) is 1.94. The van der Waals surface area contributed by atoms with Crippen molar-refractivity contribution in [1.82, 2.24) is 9.88 Å². The molecule has 0 bridgehead atoms. The molecule has 0 aliphatic carbocycles. The summed E-state index contributed by atoms with van der Waals surface area (Å²) in [5, 5.41) is 11.0. The molecule has 0 fully saturated rings. The zero-order chi connectivity index (χ0) is 17.1. The van der Waals surface area contributed by atoms with Crippen LogP contribution in [0.15, 0.2) is 30.6 Å². The molecule has 0 saturated heterocycles. The average molecular weight is 319 g/mol. The molecular formula is C15H18FN5O2. The molecule has 0 aliphatic heterocycles. The van der Waals surface area contributed by atoms with Crippen molar-refractivity contribution < 1.29 is 9.31 Å². The van der Waals surface area contributed by atoms with Crippen molar-refractivity contribution in [3.63, 3.8) is 0 Å². The lowest BCUT2D eigenvalue weighted by atomic mass is 9.99. The van der Waals surface area contributed by atoms with Gasteiger partial charge in [0.25, 0.3) is 0 Å². The summed E-state index contributed by atoms with van der Waals surface area (Å²) >= 11 is 0.